The third-order valence-corrected chi connectivity index (χ3v) is 4.08. The number of halogens is 1. The van der Waals surface area contributed by atoms with Crippen LogP contribution in [0.5, 0.6) is 0 Å². The van der Waals surface area contributed by atoms with E-state index in [0.29, 0.717) is 11.8 Å². The Bertz CT molecular complexity index is 580. The number of hydrogen-bond acceptors (Lipinski definition) is 2. The molecule has 0 fully saturated rings. The fourth-order valence-corrected chi connectivity index (χ4v) is 2.50. The zero-order valence-corrected chi connectivity index (χ0v) is 13.4. The molecule has 0 aromatic carbocycles. The number of rotatable bonds is 4. The molecule has 106 valence electrons. The number of fused-ring (bicyclic) bond motifs is 1. The molecule has 0 aliphatic rings. The molecule has 5 heteroatoms. The average Bonchev–Trinajstić information content (AvgIpc) is 2.79. The van der Waals surface area contributed by atoms with E-state index in [0.717, 1.165) is 29.2 Å². The molecule has 0 saturated heterocycles. The maximum absolute atomic E-state index is 6.29. The molecule has 0 radical (unpaired) electrons. The second-order valence-corrected chi connectivity index (χ2v) is 6.45. The Morgan fingerprint density at radius 3 is 2.37 bits per heavy atom. The van der Waals surface area contributed by atoms with Crippen LogP contribution < -0.4 is 0 Å². The number of hydrogen-bond donors (Lipinski definition) is 0. The van der Waals surface area contributed by atoms with Gasteiger partial charge in [0.05, 0.1) is 11.1 Å². The third-order valence-electron chi connectivity index (χ3n) is 3.88. The highest BCUT2D eigenvalue weighted by molar-refractivity contribution is 6.20. The van der Waals surface area contributed by atoms with Crippen molar-refractivity contribution in [2.45, 2.75) is 46.5 Å². The Kier molecular flexibility index (Phi) is 3.90. The number of aryl methyl sites for hydroxylation is 2. The van der Waals surface area contributed by atoms with Gasteiger partial charge in [0.2, 0.25) is 0 Å². The first-order chi connectivity index (χ1) is 8.82. The van der Waals surface area contributed by atoms with Crippen molar-refractivity contribution in [2.75, 3.05) is 0 Å². The van der Waals surface area contributed by atoms with Gasteiger partial charge in [-0.3, -0.25) is 4.68 Å². The van der Waals surface area contributed by atoms with Gasteiger partial charge >= 0.3 is 0 Å². The van der Waals surface area contributed by atoms with E-state index in [1.54, 1.807) is 0 Å². The average molecular weight is 283 g/mol. The van der Waals surface area contributed by atoms with E-state index in [2.05, 4.69) is 30.4 Å². The van der Waals surface area contributed by atoms with Gasteiger partial charge in [0.1, 0.15) is 11.3 Å². The minimum atomic E-state index is -0.0915. The Morgan fingerprint density at radius 2 is 1.84 bits per heavy atom. The van der Waals surface area contributed by atoms with Gasteiger partial charge in [-0.25, -0.2) is 4.98 Å². The van der Waals surface area contributed by atoms with Gasteiger partial charge < -0.3 is 4.57 Å². The van der Waals surface area contributed by atoms with Gasteiger partial charge in [0.25, 0.3) is 0 Å². The Labute approximate surface area is 119 Å². The van der Waals surface area contributed by atoms with E-state index in [1.165, 1.54) is 0 Å². The van der Waals surface area contributed by atoms with Crippen LogP contribution in [-0.2, 0) is 13.6 Å². The van der Waals surface area contributed by atoms with Crippen molar-refractivity contribution in [3.05, 3.63) is 11.5 Å². The Balaban J connectivity index is 2.57. The van der Waals surface area contributed by atoms with Gasteiger partial charge in [0, 0.05) is 13.6 Å². The smallest absolute Gasteiger partial charge is 0.158 e. The maximum Gasteiger partial charge on any atom is 0.158 e. The molecule has 2 unspecified atom stereocenters. The van der Waals surface area contributed by atoms with Crippen LogP contribution in [0.3, 0.4) is 0 Å². The monoisotopic (exact) mass is 282 g/mol. The summed E-state index contributed by atoms with van der Waals surface area (Å²) in [6.45, 7) is 11.7. The SMILES string of the molecule is Cc1nn(C)c2c1nc(C(C)Cl)n2CC(C)C(C)C. The highest BCUT2D eigenvalue weighted by Crippen LogP contribution is 2.28. The van der Waals surface area contributed by atoms with Crippen LogP contribution in [0.1, 0.15) is 44.6 Å². The van der Waals surface area contributed by atoms with E-state index < -0.39 is 0 Å². The molecule has 2 atom stereocenters. The van der Waals surface area contributed by atoms with Crippen molar-refractivity contribution in [1.29, 1.82) is 0 Å². The summed E-state index contributed by atoms with van der Waals surface area (Å²) < 4.78 is 4.14. The lowest BCUT2D eigenvalue weighted by molar-refractivity contribution is 0.362. The molecule has 0 bridgehead atoms. The largest absolute Gasteiger partial charge is 0.311 e. The summed E-state index contributed by atoms with van der Waals surface area (Å²) in [4.78, 5) is 4.69. The number of nitrogens with zero attached hydrogens (tertiary/aromatic N) is 4. The molecule has 2 aromatic rings. The van der Waals surface area contributed by atoms with Gasteiger partial charge in [-0.2, -0.15) is 5.10 Å². The van der Waals surface area contributed by atoms with Crippen molar-refractivity contribution >= 4 is 22.8 Å². The zero-order chi connectivity index (χ0) is 14.3. The quantitative estimate of drug-likeness (QED) is 0.802. The van der Waals surface area contributed by atoms with E-state index in [1.807, 2.05) is 25.6 Å². The van der Waals surface area contributed by atoms with Crippen molar-refractivity contribution in [3.8, 4) is 0 Å². The van der Waals surface area contributed by atoms with E-state index in [-0.39, 0.29) is 5.38 Å². The first-order valence-electron chi connectivity index (χ1n) is 6.86. The lowest BCUT2D eigenvalue weighted by Crippen LogP contribution is -2.16. The maximum atomic E-state index is 6.29. The summed E-state index contributed by atoms with van der Waals surface area (Å²) in [5, 5.41) is 4.36. The van der Waals surface area contributed by atoms with E-state index >= 15 is 0 Å². The molecular weight excluding hydrogens is 260 g/mol. The molecule has 0 amide bonds. The highest BCUT2D eigenvalue weighted by atomic mass is 35.5. The molecule has 2 heterocycles. The van der Waals surface area contributed by atoms with Crippen LogP contribution >= 0.6 is 11.6 Å². The van der Waals surface area contributed by atoms with Gasteiger partial charge in [-0.1, -0.05) is 20.8 Å². The summed E-state index contributed by atoms with van der Waals surface area (Å²) in [5.74, 6) is 2.15. The van der Waals surface area contributed by atoms with Crippen molar-refractivity contribution < 1.29 is 0 Å². The predicted octanol–water partition coefficient (Wildman–Crippen LogP) is 3.67. The van der Waals surface area contributed by atoms with Crippen LogP contribution in [0.2, 0.25) is 0 Å². The standard InChI is InChI=1S/C14H23ClN4/c1-8(2)9(3)7-19-13(10(4)15)16-12-11(5)17-18(6)14(12)19/h8-10H,7H2,1-6H3. The van der Waals surface area contributed by atoms with Crippen LogP contribution in [-0.4, -0.2) is 19.3 Å². The van der Waals surface area contributed by atoms with E-state index in [9.17, 15) is 0 Å². The number of imidazole rings is 1. The molecule has 2 aromatic heterocycles. The minimum Gasteiger partial charge on any atom is -0.311 e. The summed E-state index contributed by atoms with van der Waals surface area (Å²) in [6.07, 6.45) is 0. The summed E-state index contributed by atoms with van der Waals surface area (Å²) in [6, 6.07) is 0. The summed E-state index contributed by atoms with van der Waals surface area (Å²) in [7, 11) is 1.97. The second kappa shape index (κ2) is 5.16. The van der Waals surface area contributed by atoms with Crippen LogP contribution in [0.25, 0.3) is 11.2 Å². The molecule has 0 spiro atoms. The Morgan fingerprint density at radius 1 is 1.21 bits per heavy atom. The summed E-state index contributed by atoms with van der Waals surface area (Å²) >= 11 is 6.29. The second-order valence-electron chi connectivity index (χ2n) is 5.80. The zero-order valence-electron chi connectivity index (χ0n) is 12.6. The molecule has 4 nitrogen and oxygen atoms in total. The van der Waals surface area contributed by atoms with Gasteiger partial charge in [-0.05, 0) is 25.7 Å². The lowest BCUT2D eigenvalue weighted by Gasteiger charge is -2.19. The fraction of sp³-hybridized carbons (Fsp3) is 0.714. The molecule has 0 aliphatic carbocycles. The van der Waals surface area contributed by atoms with Crippen LogP contribution in [0.4, 0.5) is 0 Å². The van der Waals surface area contributed by atoms with Crippen LogP contribution in [0, 0.1) is 18.8 Å². The lowest BCUT2D eigenvalue weighted by atomic mass is 9.98. The topological polar surface area (TPSA) is 35.6 Å². The van der Waals surface area contributed by atoms with Crippen molar-refractivity contribution in [1.82, 2.24) is 19.3 Å². The minimum absolute atomic E-state index is 0.0915. The van der Waals surface area contributed by atoms with Gasteiger partial charge in [-0.15, -0.1) is 11.6 Å². The first-order valence-corrected chi connectivity index (χ1v) is 7.30. The van der Waals surface area contributed by atoms with Gasteiger partial charge in [0.15, 0.2) is 5.65 Å². The Hall–Kier alpha value is -1.03. The van der Waals surface area contributed by atoms with E-state index in [4.69, 9.17) is 16.6 Å². The molecule has 0 N–H and O–H groups in total. The summed E-state index contributed by atoms with van der Waals surface area (Å²) in [5.41, 5.74) is 3.01. The van der Waals surface area contributed by atoms with Crippen LogP contribution in [0.15, 0.2) is 0 Å². The number of aromatic nitrogens is 4. The first kappa shape index (κ1) is 14.4. The predicted molar refractivity (Wildman–Crippen MR) is 79.5 cm³/mol. The van der Waals surface area contributed by atoms with Crippen molar-refractivity contribution in [2.24, 2.45) is 18.9 Å². The molecular formula is C14H23ClN4. The molecule has 2 rings (SSSR count). The highest BCUT2D eigenvalue weighted by Gasteiger charge is 2.22. The third kappa shape index (κ3) is 2.50. The fourth-order valence-electron chi connectivity index (χ4n) is 2.33. The number of alkyl halides is 1. The molecule has 0 saturated carbocycles. The normalized spacial score (nSPS) is 15.4. The molecule has 19 heavy (non-hydrogen) atoms. The molecule has 0 aliphatic heterocycles. The van der Waals surface area contributed by atoms with Crippen molar-refractivity contribution in [3.63, 3.8) is 0 Å².